The fourth-order valence-corrected chi connectivity index (χ4v) is 2.82. The van der Waals surface area contributed by atoms with Gasteiger partial charge in [-0.2, -0.15) is 0 Å². The maximum atomic E-state index is 14.4. The van der Waals surface area contributed by atoms with Crippen molar-refractivity contribution in [3.8, 4) is 0 Å². The maximum absolute atomic E-state index is 14.4. The van der Waals surface area contributed by atoms with E-state index >= 15 is 0 Å². The molecule has 0 atom stereocenters. The minimum Gasteiger partial charge on any atom is -0.341 e. The summed E-state index contributed by atoms with van der Waals surface area (Å²) in [7, 11) is 0. The summed E-state index contributed by atoms with van der Waals surface area (Å²) in [6.45, 7) is 5.61. The lowest BCUT2D eigenvalue weighted by molar-refractivity contribution is -0.117. The standard InChI is InChI=1S/C20H20F3N3O/c1-20(2,3)10-18(27)25-19-15(23)9-17-16(24-19)7-8-26(17)11-12-13(21)5-4-6-14(12)22/h4-9H,10-11H2,1-3H3,(H,24,25,27). The summed E-state index contributed by atoms with van der Waals surface area (Å²) in [4.78, 5) is 16.2. The lowest BCUT2D eigenvalue weighted by atomic mass is 9.92. The summed E-state index contributed by atoms with van der Waals surface area (Å²) in [5.74, 6) is -2.54. The number of anilines is 1. The first-order valence-electron chi connectivity index (χ1n) is 8.52. The molecule has 0 aliphatic heterocycles. The maximum Gasteiger partial charge on any atom is 0.226 e. The van der Waals surface area contributed by atoms with Crippen LogP contribution in [0.4, 0.5) is 19.0 Å². The Morgan fingerprint density at radius 2 is 1.78 bits per heavy atom. The molecule has 2 heterocycles. The van der Waals surface area contributed by atoms with Gasteiger partial charge in [0.15, 0.2) is 11.6 Å². The number of hydrogen-bond donors (Lipinski definition) is 1. The number of hydrogen-bond acceptors (Lipinski definition) is 2. The summed E-state index contributed by atoms with van der Waals surface area (Å²) in [6, 6.07) is 6.44. The van der Waals surface area contributed by atoms with Crippen LogP contribution in [0.5, 0.6) is 0 Å². The molecule has 2 aromatic heterocycles. The number of nitrogens with one attached hydrogen (secondary N) is 1. The monoisotopic (exact) mass is 375 g/mol. The Morgan fingerprint density at radius 3 is 2.41 bits per heavy atom. The number of amides is 1. The molecule has 27 heavy (non-hydrogen) atoms. The summed E-state index contributed by atoms with van der Waals surface area (Å²) >= 11 is 0. The normalized spacial score (nSPS) is 11.8. The van der Waals surface area contributed by atoms with E-state index in [9.17, 15) is 18.0 Å². The zero-order chi connectivity index (χ0) is 19.8. The summed E-state index contributed by atoms with van der Waals surface area (Å²) < 4.78 is 43.7. The Kier molecular flexibility index (Phi) is 4.95. The molecular weight excluding hydrogens is 355 g/mol. The molecule has 1 N–H and O–H groups in total. The number of aromatic nitrogens is 2. The Morgan fingerprint density at radius 1 is 1.11 bits per heavy atom. The molecule has 1 amide bonds. The second-order valence-corrected chi connectivity index (χ2v) is 7.65. The molecule has 1 aromatic carbocycles. The first kappa shape index (κ1) is 18.9. The van der Waals surface area contributed by atoms with Gasteiger partial charge in [-0.05, 0) is 23.6 Å². The van der Waals surface area contributed by atoms with Gasteiger partial charge in [-0.15, -0.1) is 0 Å². The molecule has 4 nitrogen and oxygen atoms in total. The van der Waals surface area contributed by atoms with Crippen molar-refractivity contribution in [2.24, 2.45) is 5.41 Å². The van der Waals surface area contributed by atoms with Gasteiger partial charge in [0.05, 0.1) is 17.6 Å². The molecule has 0 spiro atoms. The number of halogens is 3. The van der Waals surface area contributed by atoms with E-state index in [1.54, 1.807) is 12.3 Å². The van der Waals surface area contributed by atoms with Crippen molar-refractivity contribution in [3.05, 3.63) is 59.5 Å². The van der Waals surface area contributed by atoms with E-state index in [0.717, 1.165) is 0 Å². The zero-order valence-corrected chi connectivity index (χ0v) is 15.3. The molecule has 0 saturated carbocycles. The Balaban J connectivity index is 1.89. The second kappa shape index (κ2) is 7.06. The molecule has 0 radical (unpaired) electrons. The topological polar surface area (TPSA) is 46.9 Å². The summed E-state index contributed by atoms with van der Waals surface area (Å²) in [6.07, 6.45) is 1.80. The number of rotatable bonds is 4. The predicted molar refractivity (Wildman–Crippen MR) is 97.9 cm³/mol. The van der Waals surface area contributed by atoms with Crippen LogP contribution >= 0.6 is 0 Å². The lowest BCUT2D eigenvalue weighted by Gasteiger charge is -2.17. The van der Waals surface area contributed by atoms with Crippen LogP contribution < -0.4 is 5.32 Å². The van der Waals surface area contributed by atoms with Crippen LogP contribution in [0.3, 0.4) is 0 Å². The molecule has 0 saturated heterocycles. The fraction of sp³-hybridized carbons (Fsp3) is 0.300. The smallest absolute Gasteiger partial charge is 0.226 e. The van der Waals surface area contributed by atoms with Gasteiger partial charge in [-0.3, -0.25) is 4.79 Å². The van der Waals surface area contributed by atoms with Crippen molar-refractivity contribution >= 4 is 22.8 Å². The largest absolute Gasteiger partial charge is 0.341 e. The number of benzene rings is 1. The molecule has 0 aliphatic rings. The van der Waals surface area contributed by atoms with E-state index in [1.165, 1.54) is 28.8 Å². The number of pyridine rings is 1. The fourth-order valence-electron chi connectivity index (χ4n) is 2.82. The van der Waals surface area contributed by atoms with Crippen LogP contribution in [0.2, 0.25) is 0 Å². The van der Waals surface area contributed by atoms with Crippen molar-refractivity contribution in [2.75, 3.05) is 5.32 Å². The van der Waals surface area contributed by atoms with Crippen LogP contribution in [0.15, 0.2) is 36.5 Å². The van der Waals surface area contributed by atoms with Crippen molar-refractivity contribution in [1.29, 1.82) is 0 Å². The van der Waals surface area contributed by atoms with Crippen LogP contribution in [-0.2, 0) is 11.3 Å². The van der Waals surface area contributed by atoms with Gasteiger partial charge in [-0.1, -0.05) is 26.8 Å². The van der Waals surface area contributed by atoms with Gasteiger partial charge in [0.2, 0.25) is 5.91 Å². The quantitative estimate of drug-likeness (QED) is 0.707. The van der Waals surface area contributed by atoms with E-state index in [1.807, 2.05) is 20.8 Å². The number of carbonyl (C=O) groups is 1. The van der Waals surface area contributed by atoms with Crippen LogP contribution in [0.25, 0.3) is 11.0 Å². The highest BCUT2D eigenvalue weighted by molar-refractivity contribution is 5.91. The third-order valence-electron chi connectivity index (χ3n) is 4.04. The Labute approximate surface area is 155 Å². The van der Waals surface area contributed by atoms with Crippen LogP contribution in [0.1, 0.15) is 32.8 Å². The van der Waals surface area contributed by atoms with Gasteiger partial charge in [-0.25, -0.2) is 18.2 Å². The van der Waals surface area contributed by atoms with Gasteiger partial charge in [0.25, 0.3) is 0 Å². The van der Waals surface area contributed by atoms with E-state index < -0.39 is 17.5 Å². The SMILES string of the molecule is CC(C)(C)CC(=O)Nc1nc2ccn(Cc3c(F)cccc3F)c2cc1F. The van der Waals surface area contributed by atoms with Gasteiger partial charge < -0.3 is 9.88 Å². The second-order valence-electron chi connectivity index (χ2n) is 7.65. The summed E-state index contributed by atoms with van der Waals surface area (Å²) in [5.41, 5.74) is 0.443. The average Bonchev–Trinajstić information content (AvgIpc) is 2.91. The molecule has 3 aromatic rings. The highest BCUT2D eigenvalue weighted by atomic mass is 19.1. The molecule has 7 heteroatoms. The zero-order valence-electron chi connectivity index (χ0n) is 15.3. The number of fused-ring (bicyclic) bond motifs is 1. The van der Waals surface area contributed by atoms with Crippen molar-refractivity contribution < 1.29 is 18.0 Å². The first-order chi connectivity index (χ1) is 12.6. The molecule has 0 unspecified atom stereocenters. The van der Waals surface area contributed by atoms with Crippen LogP contribution in [-0.4, -0.2) is 15.5 Å². The number of nitrogens with zero attached hydrogens (tertiary/aromatic N) is 2. The van der Waals surface area contributed by atoms with Crippen molar-refractivity contribution in [1.82, 2.24) is 9.55 Å². The minimum atomic E-state index is -0.710. The molecule has 0 aliphatic carbocycles. The molecule has 3 rings (SSSR count). The minimum absolute atomic E-state index is 0.0984. The molecular formula is C20H20F3N3O. The van der Waals surface area contributed by atoms with Crippen molar-refractivity contribution in [2.45, 2.75) is 33.7 Å². The van der Waals surface area contributed by atoms with Gasteiger partial charge >= 0.3 is 0 Å². The molecule has 142 valence electrons. The summed E-state index contributed by atoms with van der Waals surface area (Å²) in [5, 5.41) is 2.48. The third-order valence-corrected chi connectivity index (χ3v) is 4.04. The van der Waals surface area contributed by atoms with E-state index in [2.05, 4.69) is 10.3 Å². The average molecular weight is 375 g/mol. The third kappa shape index (κ3) is 4.30. The Hall–Kier alpha value is -2.83. The number of carbonyl (C=O) groups excluding carboxylic acids is 1. The molecule has 0 fully saturated rings. The highest BCUT2D eigenvalue weighted by Gasteiger charge is 2.19. The van der Waals surface area contributed by atoms with Gasteiger partial charge in [0.1, 0.15) is 11.6 Å². The van der Waals surface area contributed by atoms with Crippen molar-refractivity contribution in [3.63, 3.8) is 0 Å². The molecule has 0 bridgehead atoms. The van der Waals surface area contributed by atoms with E-state index in [-0.39, 0.29) is 35.7 Å². The lowest BCUT2D eigenvalue weighted by Crippen LogP contribution is -2.20. The van der Waals surface area contributed by atoms with Gasteiger partial charge in [0, 0.05) is 24.2 Å². The van der Waals surface area contributed by atoms with Crippen LogP contribution in [0, 0.1) is 22.9 Å². The van der Waals surface area contributed by atoms with E-state index in [4.69, 9.17) is 0 Å². The van der Waals surface area contributed by atoms with E-state index in [0.29, 0.717) is 11.0 Å². The Bertz CT molecular complexity index is 985. The highest BCUT2D eigenvalue weighted by Crippen LogP contribution is 2.24. The first-order valence-corrected chi connectivity index (χ1v) is 8.52. The predicted octanol–water partition coefficient (Wildman–Crippen LogP) is 4.88.